The number of para-hydroxylation sites is 4. The molecule has 0 saturated carbocycles. The summed E-state index contributed by atoms with van der Waals surface area (Å²) in [7, 11) is 0. The maximum absolute atomic E-state index is 2.46. The van der Waals surface area contributed by atoms with Crippen LogP contribution in [-0.2, 0) is 0 Å². The fourth-order valence-electron chi connectivity index (χ4n) is 10.0. The third kappa shape index (κ3) is 5.91. The number of nitrogens with zero attached hydrogens (tertiary/aromatic N) is 2. The SMILES string of the molecule is c1ccc(-c2cc(-c3ccccc3)c3c4ccc(N5c6ccccc6Sc6ccccc65)cc4c4cc(N5c6ccccc6Sc6ccccc65)ccc4c3c2-c2ccccc2)cc1. The molecule has 0 amide bonds. The predicted octanol–water partition coefficient (Wildman–Crippen LogP) is 18.0. The van der Waals surface area contributed by atoms with Crippen molar-refractivity contribution in [2.24, 2.45) is 0 Å². The Morgan fingerprint density at radius 3 is 1.06 bits per heavy atom. The molecule has 11 aromatic rings. The molecule has 300 valence electrons. The Balaban J connectivity index is 1.20. The molecule has 0 fully saturated rings. The molecule has 2 aliphatic heterocycles. The van der Waals surface area contributed by atoms with Crippen molar-refractivity contribution < 1.29 is 0 Å². The lowest BCUT2D eigenvalue weighted by Gasteiger charge is -2.33. The van der Waals surface area contributed by atoms with Gasteiger partial charge in [0.15, 0.2) is 0 Å². The van der Waals surface area contributed by atoms with Gasteiger partial charge in [0.1, 0.15) is 0 Å². The van der Waals surface area contributed by atoms with Gasteiger partial charge < -0.3 is 9.80 Å². The maximum atomic E-state index is 2.46. The zero-order valence-corrected chi connectivity index (χ0v) is 36.3. The van der Waals surface area contributed by atoms with E-state index in [2.05, 4.69) is 240 Å². The van der Waals surface area contributed by atoms with Crippen molar-refractivity contribution in [3.05, 3.63) is 231 Å². The second kappa shape index (κ2) is 15.1. The van der Waals surface area contributed by atoms with Crippen LogP contribution in [0.3, 0.4) is 0 Å². The minimum Gasteiger partial charge on any atom is -0.308 e. The molecule has 0 unspecified atom stereocenters. The average molecular weight is 851 g/mol. The smallest absolute Gasteiger partial charge is 0.0601 e. The number of hydrogen-bond donors (Lipinski definition) is 0. The van der Waals surface area contributed by atoms with Crippen LogP contribution in [0.25, 0.3) is 65.7 Å². The lowest BCUT2D eigenvalue weighted by Crippen LogP contribution is -2.15. The van der Waals surface area contributed by atoms with Crippen LogP contribution in [0.1, 0.15) is 0 Å². The summed E-state index contributed by atoms with van der Waals surface area (Å²) in [4.78, 5) is 9.92. The highest BCUT2D eigenvalue weighted by atomic mass is 32.2. The summed E-state index contributed by atoms with van der Waals surface area (Å²) in [5.74, 6) is 0. The zero-order chi connectivity index (χ0) is 42.1. The maximum Gasteiger partial charge on any atom is 0.0601 e. The molecule has 0 aromatic heterocycles. The molecule has 4 heteroatoms. The highest BCUT2D eigenvalue weighted by Crippen LogP contribution is 2.56. The summed E-state index contributed by atoms with van der Waals surface area (Å²) < 4.78 is 0. The Hall–Kier alpha value is -7.50. The molecule has 2 heterocycles. The van der Waals surface area contributed by atoms with Gasteiger partial charge in [-0.15, -0.1) is 0 Å². The van der Waals surface area contributed by atoms with Gasteiger partial charge in [0.05, 0.1) is 22.7 Å². The quantitative estimate of drug-likeness (QED) is 0.159. The number of rotatable bonds is 5. The molecule has 0 N–H and O–H groups in total. The molecule has 0 aliphatic carbocycles. The average Bonchev–Trinajstić information content (AvgIpc) is 3.37. The van der Waals surface area contributed by atoms with Gasteiger partial charge >= 0.3 is 0 Å². The van der Waals surface area contributed by atoms with Gasteiger partial charge in [0.2, 0.25) is 0 Å². The molecule has 0 atom stereocenters. The number of anilines is 6. The van der Waals surface area contributed by atoms with Gasteiger partial charge in [0, 0.05) is 31.0 Å². The molecule has 0 bridgehead atoms. The molecule has 11 aromatic carbocycles. The summed E-state index contributed by atoms with van der Waals surface area (Å²) in [5.41, 5.74) is 14.3. The van der Waals surface area contributed by atoms with Crippen molar-refractivity contribution in [1.82, 2.24) is 0 Å². The Labute approximate surface area is 381 Å². The van der Waals surface area contributed by atoms with Crippen molar-refractivity contribution in [1.29, 1.82) is 0 Å². The van der Waals surface area contributed by atoms with E-state index in [9.17, 15) is 0 Å². The highest BCUT2D eigenvalue weighted by Gasteiger charge is 2.29. The van der Waals surface area contributed by atoms with Crippen molar-refractivity contribution in [2.45, 2.75) is 19.6 Å². The first-order valence-corrected chi connectivity index (χ1v) is 23.4. The van der Waals surface area contributed by atoms with E-state index in [4.69, 9.17) is 0 Å². The minimum absolute atomic E-state index is 1.13. The molecular weight excluding hydrogens is 813 g/mol. The van der Waals surface area contributed by atoms with Crippen molar-refractivity contribution in [2.75, 3.05) is 9.80 Å². The van der Waals surface area contributed by atoms with E-state index in [1.54, 1.807) is 0 Å². The molecule has 2 nitrogen and oxygen atoms in total. The van der Waals surface area contributed by atoms with Gasteiger partial charge in [-0.25, -0.2) is 0 Å². The van der Waals surface area contributed by atoms with Crippen LogP contribution in [0, 0.1) is 0 Å². The van der Waals surface area contributed by atoms with Gasteiger partial charge in [-0.3, -0.25) is 0 Å². The van der Waals surface area contributed by atoms with Crippen molar-refractivity contribution in [3.8, 4) is 33.4 Å². The second-order valence-corrected chi connectivity index (χ2v) is 18.6. The zero-order valence-electron chi connectivity index (χ0n) is 34.7. The summed E-state index contributed by atoms with van der Waals surface area (Å²) in [5, 5.41) is 7.39. The predicted molar refractivity (Wildman–Crippen MR) is 273 cm³/mol. The monoisotopic (exact) mass is 850 g/mol. The largest absolute Gasteiger partial charge is 0.308 e. The second-order valence-electron chi connectivity index (χ2n) is 16.4. The summed E-state index contributed by atoms with van der Waals surface area (Å²) >= 11 is 3.69. The third-order valence-corrected chi connectivity index (χ3v) is 15.0. The van der Waals surface area contributed by atoms with E-state index in [0.717, 1.165) is 11.4 Å². The van der Waals surface area contributed by atoms with Crippen LogP contribution in [-0.4, -0.2) is 0 Å². The van der Waals surface area contributed by atoms with E-state index in [-0.39, 0.29) is 0 Å². The van der Waals surface area contributed by atoms with Crippen molar-refractivity contribution >= 4 is 90.0 Å². The molecular formula is C60H38N2S2. The minimum atomic E-state index is 1.13. The summed E-state index contributed by atoms with van der Waals surface area (Å²) in [6, 6.07) is 85.0. The van der Waals surface area contributed by atoms with Gasteiger partial charge in [-0.2, -0.15) is 0 Å². The molecule has 0 saturated heterocycles. The summed E-state index contributed by atoms with van der Waals surface area (Å²) in [6.07, 6.45) is 0. The number of benzene rings is 11. The van der Waals surface area contributed by atoms with E-state index < -0.39 is 0 Å². The molecule has 0 spiro atoms. The first-order valence-electron chi connectivity index (χ1n) is 21.8. The highest BCUT2D eigenvalue weighted by molar-refractivity contribution is 8.00. The van der Waals surface area contributed by atoms with Crippen LogP contribution in [0.2, 0.25) is 0 Å². The Morgan fingerprint density at radius 1 is 0.266 bits per heavy atom. The standard InChI is InChI=1S/C60H38N2S2/c1-4-18-39(19-5-1)46-38-47(40-20-6-2-7-21-40)59-44-34-32-42(61-50-24-10-14-28-54(50)63-55-29-15-11-25-51(55)61)36-48(44)49-37-43(33-35-45(49)60(59)58(46)41-22-8-3-9-23-41)62-52-26-12-16-30-56(52)64-57-31-17-13-27-53(57)62/h1-38H. The molecule has 0 radical (unpaired) electrons. The van der Waals surface area contributed by atoms with Crippen LogP contribution >= 0.6 is 23.5 Å². The molecule has 64 heavy (non-hydrogen) atoms. The summed E-state index contributed by atoms with van der Waals surface area (Å²) in [6.45, 7) is 0. The van der Waals surface area contributed by atoms with Crippen LogP contribution < -0.4 is 9.80 Å². The fourth-order valence-corrected chi connectivity index (χ4v) is 12.1. The van der Waals surface area contributed by atoms with E-state index in [0.29, 0.717) is 0 Å². The molecule has 13 rings (SSSR count). The lowest BCUT2D eigenvalue weighted by molar-refractivity contribution is 1.17. The van der Waals surface area contributed by atoms with Crippen LogP contribution in [0.5, 0.6) is 0 Å². The normalized spacial score (nSPS) is 12.8. The van der Waals surface area contributed by atoms with Crippen molar-refractivity contribution in [3.63, 3.8) is 0 Å². The first kappa shape index (κ1) is 37.1. The Morgan fingerprint density at radius 2 is 0.625 bits per heavy atom. The Bertz CT molecular complexity index is 3530. The van der Waals surface area contributed by atoms with Gasteiger partial charge in [-0.1, -0.05) is 175 Å². The molecule has 2 aliphatic rings. The van der Waals surface area contributed by atoms with Gasteiger partial charge in [0.25, 0.3) is 0 Å². The Kier molecular flexibility index (Phi) is 8.75. The van der Waals surface area contributed by atoms with E-state index in [1.165, 1.54) is 108 Å². The number of hydrogen-bond acceptors (Lipinski definition) is 4. The van der Waals surface area contributed by atoms with E-state index >= 15 is 0 Å². The van der Waals surface area contributed by atoms with Crippen LogP contribution in [0.4, 0.5) is 34.1 Å². The third-order valence-electron chi connectivity index (χ3n) is 12.8. The van der Waals surface area contributed by atoms with Crippen LogP contribution in [0.15, 0.2) is 250 Å². The fraction of sp³-hybridized carbons (Fsp3) is 0. The van der Waals surface area contributed by atoms with E-state index in [1.807, 2.05) is 23.5 Å². The number of fused-ring (bicyclic) bond motifs is 10. The topological polar surface area (TPSA) is 6.48 Å². The lowest BCUT2D eigenvalue weighted by atomic mass is 9.81. The first-order chi connectivity index (χ1) is 31.8. The van der Waals surface area contributed by atoms with Gasteiger partial charge in [-0.05, 0) is 145 Å².